The molecule has 1 heterocycles. The fraction of sp³-hybridized carbons (Fsp3) is 0.0149. The van der Waals surface area contributed by atoms with Crippen LogP contribution in [-0.4, -0.2) is 4.57 Å². The van der Waals surface area contributed by atoms with Gasteiger partial charge < -0.3 is 9.47 Å². The van der Waals surface area contributed by atoms with Crippen LogP contribution in [0.4, 0.5) is 17.1 Å². The molecule has 2 nitrogen and oxygen atoms in total. The van der Waals surface area contributed by atoms with Gasteiger partial charge in [-0.1, -0.05) is 218 Å². The van der Waals surface area contributed by atoms with Gasteiger partial charge in [-0.2, -0.15) is 0 Å². The van der Waals surface area contributed by atoms with Crippen LogP contribution >= 0.6 is 0 Å². The highest BCUT2D eigenvalue weighted by Gasteiger charge is 2.46. The highest BCUT2D eigenvalue weighted by atomic mass is 15.1. The summed E-state index contributed by atoms with van der Waals surface area (Å²) in [4.78, 5) is 2.41. The number of rotatable bonds is 9. The molecule has 1 aromatic heterocycles. The fourth-order valence-electron chi connectivity index (χ4n) is 11.2. The lowest BCUT2D eigenvalue weighted by Gasteiger charge is -2.35. The molecule has 11 aromatic carbocycles. The van der Waals surface area contributed by atoms with Crippen LogP contribution in [0.15, 0.2) is 279 Å². The Labute approximate surface area is 403 Å². The monoisotopic (exact) mass is 878 g/mol. The van der Waals surface area contributed by atoms with Gasteiger partial charge in [-0.15, -0.1) is 0 Å². The van der Waals surface area contributed by atoms with Gasteiger partial charge in [0, 0.05) is 33.5 Å². The minimum Gasteiger partial charge on any atom is -0.310 e. The lowest BCUT2D eigenvalue weighted by Crippen LogP contribution is -2.28. The highest BCUT2D eigenvalue weighted by Crippen LogP contribution is 2.56. The number of benzene rings is 11. The van der Waals surface area contributed by atoms with Crippen LogP contribution in [0.1, 0.15) is 22.3 Å². The second-order valence-corrected chi connectivity index (χ2v) is 18.1. The Morgan fingerprint density at radius 3 is 1.28 bits per heavy atom. The largest absolute Gasteiger partial charge is 0.310 e. The third kappa shape index (κ3) is 6.72. The van der Waals surface area contributed by atoms with Gasteiger partial charge in [0.2, 0.25) is 0 Å². The Balaban J connectivity index is 0.931. The fourth-order valence-corrected chi connectivity index (χ4v) is 11.2. The molecule has 0 saturated carbocycles. The Morgan fingerprint density at radius 1 is 0.275 bits per heavy atom. The summed E-state index contributed by atoms with van der Waals surface area (Å²) in [6, 6.07) is 102. The molecule has 1 aliphatic rings. The van der Waals surface area contributed by atoms with E-state index in [1.165, 1.54) is 83.0 Å². The van der Waals surface area contributed by atoms with Gasteiger partial charge in [0.05, 0.1) is 16.4 Å². The van der Waals surface area contributed by atoms with E-state index in [1.807, 2.05) is 0 Å². The first-order chi connectivity index (χ1) is 34.2. The Morgan fingerprint density at radius 2 is 0.696 bits per heavy atom. The van der Waals surface area contributed by atoms with E-state index < -0.39 is 5.41 Å². The average Bonchev–Trinajstić information content (AvgIpc) is 3.93. The van der Waals surface area contributed by atoms with Crippen LogP contribution in [-0.2, 0) is 5.41 Å². The number of hydrogen-bond donors (Lipinski definition) is 0. The molecule has 12 aromatic rings. The third-order valence-electron chi connectivity index (χ3n) is 14.3. The summed E-state index contributed by atoms with van der Waals surface area (Å²) in [7, 11) is 0. The predicted molar refractivity (Wildman–Crippen MR) is 289 cm³/mol. The van der Waals surface area contributed by atoms with E-state index in [2.05, 4.69) is 289 Å². The summed E-state index contributed by atoms with van der Waals surface area (Å²) in [6.07, 6.45) is 0. The van der Waals surface area contributed by atoms with E-state index >= 15 is 0 Å². The molecule has 0 unspecified atom stereocenters. The molecule has 0 N–H and O–H groups in total. The first-order valence-corrected chi connectivity index (χ1v) is 23.8. The van der Waals surface area contributed by atoms with Gasteiger partial charge in [-0.3, -0.25) is 0 Å². The number of fused-ring (bicyclic) bond motifs is 6. The lowest BCUT2D eigenvalue weighted by molar-refractivity contribution is 0.768. The minimum atomic E-state index is -0.517. The van der Waals surface area contributed by atoms with E-state index in [0.717, 1.165) is 28.3 Å². The SMILES string of the molecule is c1ccc(-c2ccc(-c3ccc(N(c4ccc(-c5cccc(-n6c7ccccc7c7ccccc76)c5)cc4)c4cccc(C5(c6ccccc6)c6ccccc6-c6ccccc65)c4)cc3)cc2)cc1. The Hall–Kier alpha value is -8.98. The molecule has 0 spiro atoms. The number of hydrogen-bond acceptors (Lipinski definition) is 1. The van der Waals surface area contributed by atoms with Crippen molar-refractivity contribution in [2.45, 2.75) is 5.41 Å². The second-order valence-electron chi connectivity index (χ2n) is 18.1. The van der Waals surface area contributed by atoms with Crippen LogP contribution in [0.25, 0.3) is 72.0 Å². The maximum atomic E-state index is 2.42. The van der Waals surface area contributed by atoms with Crippen molar-refractivity contribution < 1.29 is 0 Å². The molecule has 0 amide bonds. The number of anilines is 3. The van der Waals surface area contributed by atoms with Crippen molar-refractivity contribution >= 4 is 38.9 Å². The smallest absolute Gasteiger partial charge is 0.0714 e. The molecule has 1 aliphatic carbocycles. The van der Waals surface area contributed by atoms with E-state index in [0.29, 0.717) is 0 Å². The van der Waals surface area contributed by atoms with Crippen molar-refractivity contribution in [2.75, 3.05) is 4.90 Å². The molecule has 69 heavy (non-hydrogen) atoms. The zero-order valence-electron chi connectivity index (χ0n) is 38.0. The van der Waals surface area contributed by atoms with Crippen molar-refractivity contribution in [3.05, 3.63) is 301 Å². The summed E-state index contributed by atoms with van der Waals surface area (Å²) in [5.41, 5.74) is 21.1. The van der Waals surface area contributed by atoms with Crippen molar-refractivity contribution in [1.29, 1.82) is 0 Å². The topological polar surface area (TPSA) is 8.17 Å². The number of nitrogens with zero attached hydrogens (tertiary/aromatic N) is 2. The summed E-state index contributed by atoms with van der Waals surface area (Å²) in [6.45, 7) is 0. The predicted octanol–water partition coefficient (Wildman–Crippen LogP) is 17.6. The lowest BCUT2D eigenvalue weighted by atomic mass is 9.67. The molecule has 0 saturated heterocycles. The molecular formula is C67H46N2. The Kier molecular flexibility index (Phi) is 9.77. The standard InChI is InChI=1S/C67H46N2/c1-3-17-47(18-4-1)48-33-35-49(36-34-48)50-37-41-55(42-38-50)68(56-43-39-51(40-44-56)52-19-15-23-57(45-52)69-65-31-13-9-27-61(65)62-28-10-14-32-66(62)69)58-24-16-22-54(46-58)67(53-20-5-2-6-21-53)63-29-11-7-25-59(63)60-26-8-12-30-64(60)67/h1-46H. The first kappa shape index (κ1) is 40.3. The van der Waals surface area contributed by atoms with Gasteiger partial charge in [0.25, 0.3) is 0 Å². The van der Waals surface area contributed by atoms with E-state index in [1.54, 1.807) is 0 Å². The van der Waals surface area contributed by atoms with Gasteiger partial charge in [-0.25, -0.2) is 0 Å². The number of para-hydroxylation sites is 2. The van der Waals surface area contributed by atoms with Gasteiger partial charge >= 0.3 is 0 Å². The maximum absolute atomic E-state index is 2.42. The van der Waals surface area contributed by atoms with Crippen molar-refractivity contribution in [2.24, 2.45) is 0 Å². The summed E-state index contributed by atoms with van der Waals surface area (Å²) >= 11 is 0. The van der Waals surface area contributed by atoms with Crippen molar-refractivity contribution in [1.82, 2.24) is 4.57 Å². The van der Waals surface area contributed by atoms with Crippen LogP contribution in [0.3, 0.4) is 0 Å². The molecule has 0 atom stereocenters. The quantitative estimate of drug-likeness (QED) is 0.140. The summed E-state index contributed by atoms with van der Waals surface area (Å²) in [5.74, 6) is 0. The zero-order chi connectivity index (χ0) is 45.7. The number of aromatic nitrogens is 1. The minimum absolute atomic E-state index is 0.517. The molecule has 324 valence electrons. The van der Waals surface area contributed by atoms with Crippen LogP contribution in [0.2, 0.25) is 0 Å². The van der Waals surface area contributed by atoms with Gasteiger partial charge in [0.15, 0.2) is 0 Å². The van der Waals surface area contributed by atoms with Crippen molar-refractivity contribution in [3.8, 4) is 50.2 Å². The normalized spacial score (nSPS) is 12.5. The second kappa shape index (κ2) is 16.7. The van der Waals surface area contributed by atoms with Crippen LogP contribution in [0, 0.1) is 0 Å². The van der Waals surface area contributed by atoms with Crippen LogP contribution < -0.4 is 4.90 Å². The highest BCUT2D eigenvalue weighted by molar-refractivity contribution is 6.09. The molecule has 0 fully saturated rings. The third-order valence-corrected chi connectivity index (χ3v) is 14.3. The zero-order valence-corrected chi connectivity index (χ0v) is 38.0. The first-order valence-electron chi connectivity index (χ1n) is 23.8. The maximum Gasteiger partial charge on any atom is 0.0714 e. The van der Waals surface area contributed by atoms with E-state index in [-0.39, 0.29) is 0 Å². The molecule has 13 rings (SSSR count). The van der Waals surface area contributed by atoms with E-state index in [9.17, 15) is 0 Å². The Bertz CT molecular complexity index is 3710. The van der Waals surface area contributed by atoms with Gasteiger partial charge in [-0.05, 0) is 127 Å². The molecule has 0 bridgehead atoms. The summed E-state index contributed by atoms with van der Waals surface area (Å²) < 4.78 is 2.39. The van der Waals surface area contributed by atoms with Crippen molar-refractivity contribution in [3.63, 3.8) is 0 Å². The summed E-state index contributed by atoms with van der Waals surface area (Å²) in [5, 5.41) is 2.52. The molecule has 0 aliphatic heterocycles. The average molecular weight is 879 g/mol. The van der Waals surface area contributed by atoms with E-state index in [4.69, 9.17) is 0 Å². The van der Waals surface area contributed by atoms with Gasteiger partial charge in [0.1, 0.15) is 0 Å². The molecular weight excluding hydrogens is 833 g/mol. The molecule has 2 heteroatoms. The van der Waals surface area contributed by atoms with Crippen LogP contribution in [0.5, 0.6) is 0 Å². The molecule has 0 radical (unpaired) electrons.